The number of sulfonamides is 1. The first-order chi connectivity index (χ1) is 11.8. The second-order valence-corrected chi connectivity index (χ2v) is 7.45. The molecule has 25 heavy (non-hydrogen) atoms. The number of rotatable bonds is 7. The van der Waals surface area contributed by atoms with Crippen LogP contribution in [-0.2, 0) is 16.6 Å². The Kier molecular flexibility index (Phi) is 6.27. The van der Waals surface area contributed by atoms with Crippen molar-refractivity contribution in [2.75, 3.05) is 0 Å². The van der Waals surface area contributed by atoms with Crippen molar-refractivity contribution in [1.29, 1.82) is 0 Å². The fraction of sp³-hybridized carbons (Fsp3) is 0.278. The molecule has 0 aliphatic heterocycles. The molecule has 0 aliphatic rings. The summed E-state index contributed by atoms with van der Waals surface area (Å²) in [6, 6.07) is 11.7. The van der Waals surface area contributed by atoms with Gasteiger partial charge in [0.15, 0.2) is 0 Å². The first kappa shape index (κ1) is 19.1. The van der Waals surface area contributed by atoms with Crippen molar-refractivity contribution in [2.24, 2.45) is 0 Å². The first-order valence-corrected chi connectivity index (χ1v) is 9.46. The maximum absolute atomic E-state index is 13.6. The summed E-state index contributed by atoms with van der Waals surface area (Å²) < 4.78 is 40.7. The summed E-state index contributed by atoms with van der Waals surface area (Å²) in [6.07, 6.45) is 0.655. The molecule has 2 N–H and O–H groups in total. The molecule has 0 radical (unpaired) electrons. The van der Waals surface area contributed by atoms with Gasteiger partial charge in [-0.2, -0.15) is 0 Å². The summed E-state index contributed by atoms with van der Waals surface area (Å²) in [5, 5.41) is 2.59. The Balaban J connectivity index is 2.12. The topological polar surface area (TPSA) is 75.3 Å². The average Bonchev–Trinajstić information content (AvgIpc) is 2.60. The molecule has 1 amide bonds. The van der Waals surface area contributed by atoms with E-state index in [0.717, 1.165) is 0 Å². The molecular formula is C18H21FN2O3S. The summed E-state index contributed by atoms with van der Waals surface area (Å²) in [7, 11) is -3.69. The van der Waals surface area contributed by atoms with E-state index in [4.69, 9.17) is 0 Å². The number of nitrogens with one attached hydrogen (secondary N) is 2. The number of carbonyl (C=O) groups is 1. The van der Waals surface area contributed by atoms with Crippen LogP contribution < -0.4 is 10.0 Å². The molecule has 2 rings (SSSR count). The van der Waals surface area contributed by atoms with Gasteiger partial charge in [0, 0.05) is 23.7 Å². The third-order valence-electron chi connectivity index (χ3n) is 3.77. The number of carbonyl (C=O) groups excluding carboxylic acids is 1. The highest BCUT2D eigenvalue weighted by Crippen LogP contribution is 2.13. The number of hydrogen-bond acceptors (Lipinski definition) is 3. The summed E-state index contributed by atoms with van der Waals surface area (Å²) in [5.41, 5.74) is 0.557. The van der Waals surface area contributed by atoms with Gasteiger partial charge < -0.3 is 5.32 Å². The number of hydrogen-bond donors (Lipinski definition) is 2. The standard InChI is InChI=1S/C18H21FN2O3S/c1-3-13(2)21-25(23,24)16-9-6-8-14(11-16)18(22)20-12-15-7-4-5-10-17(15)19/h4-11,13,21H,3,12H2,1-2H3,(H,20,22). The molecule has 0 aromatic heterocycles. The third kappa shape index (κ3) is 5.11. The van der Waals surface area contributed by atoms with Crippen LogP contribution in [0.5, 0.6) is 0 Å². The van der Waals surface area contributed by atoms with Crippen molar-refractivity contribution in [3.8, 4) is 0 Å². The molecule has 0 aliphatic carbocycles. The number of halogens is 1. The highest BCUT2D eigenvalue weighted by atomic mass is 32.2. The zero-order chi connectivity index (χ0) is 18.4. The van der Waals surface area contributed by atoms with Gasteiger partial charge in [-0.15, -0.1) is 0 Å². The van der Waals surface area contributed by atoms with Crippen LogP contribution in [-0.4, -0.2) is 20.4 Å². The highest BCUT2D eigenvalue weighted by Gasteiger charge is 2.18. The smallest absolute Gasteiger partial charge is 0.251 e. The van der Waals surface area contributed by atoms with Crippen molar-refractivity contribution in [1.82, 2.24) is 10.0 Å². The van der Waals surface area contributed by atoms with Gasteiger partial charge in [-0.05, 0) is 37.6 Å². The van der Waals surface area contributed by atoms with E-state index in [1.807, 2.05) is 6.92 Å². The van der Waals surface area contributed by atoms with E-state index in [2.05, 4.69) is 10.0 Å². The predicted molar refractivity (Wildman–Crippen MR) is 94.1 cm³/mol. The molecule has 1 unspecified atom stereocenters. The molecule has 0 saturated heterocycles. The van der Waals surface area contributed by atoms with Crippen LogP contribution in [0, 0.1) is 5.82 Å². The fourth-order valence-corrected chi connectivity index (χ4v) is 3.51. The lowest BCUT2D eigenvalue weighted by Crippen LogP contribution is -2.32. The van der Waals surface area contributed by atoms with Crippen LogP contribution in [0.1, 0.15) is 36.2 Å². The Morgan fingerprint density at radius 3 is 2.56 bits per heavy atom. The second kappa shape index (κ2) is 8.22. The van der Waals surface area contributed by atoms with E-state index in [9.17, 15) is 17.6 Å². The summed E-state index contributed by atoms with van der Waals surface area (Å²) in [6.45, 7) is 3.66. The molecule has 5 nitrogen and oxygen atoms in total. The Morgan fingerprint density at radius 2 is 1.88 bits per heavy atom. The van der Waals surface area contributed by atoms with E-state index in [-0.39, 0.29) is 23.0 Å². The number of amides is 1. The molecular weight excluding hydrogens is 343 g/mol. The Hall–Kier alpha value is -2.25. The van der Waals surface area contributed by atoms with Gasteiger partial charge in [0.1, 0.15) is 5.82 Å². The molecule has 2 aromatic carbocycles. The molecule has 0 saturated carbocycles. The fourth-order valence-electron chi connectivity index (χ4n) is 2.14. The van der Waals surface area contributed by atoms with Crippen LogP contribution in [0.15, 0.2) is 53.4 Å². The van der Waals surface area contributed by atoms with E-state index >= 15 is 0 Å². The van der Waals surface area contributed by atoms with E-state index in [0.29, 0.717) is 12.0 Å². The maximum atomic E-state index is 13.6. The lowest BCUT2D eigenvalue weighted by atomic mass is 10.2. The van der Waals surface area contributed by atoms with Crippen LogP contribution in [0.4, 0.5) is 4.39 Å². The Labute approximate surface area is 147 Å². The first-order valence-electron chi connectivity index (χ1n) is 7.97. The SMILES string of the molecule is CCC(C)NS(=O)(=O)c1cccc(C(=O)NCc2ccccc2F)c1. The summed E-state index contributed by atoms with van der Waals surface area (Å²) >= 11 is 0. The lowest BCUT2D eigenvalue weighted by molar-refractivity contribution is 0.0950. The van der Waals surface area contributed by atoms with Gasteiger partial charge in [-0.3, -0.25) is 4.79 Å². The number of benzene rings is 2. The lowest BCUT2D eigenvalue weighted by Gasteiger charge is -2.13. The van der Waals surface area contributed by atoms with Crippen molar-refractivity contribution in [3.05, 3.63) is 65.5 Å². The normalized spacial score (nSPS) is 12.6. The van der Waals surface area contributed by atoms with Gasteiger partial charge in [0.25, 0.3) is 5.91 Å². The van der Waals surface area contributed by atoms with Crippen LogP contribution in [0.25, 0.3) is 0 Å². The largest absolute Gasteiger partial charge is 0.348 e. The van der Waals surface area contributed by atoms with Crippen molar-refractivity contribution >= 4 is 15.9 Å². The zero-order valence-electron chi connectivity index (χ0n) is 14.1. The van der Waals surface area contributed by atoms with E-state index in [1.54, 1.807) is 25.1 Å². The van der Waals surface area contributed by atoms with Crippen molar-refractivity contribution in [2.45, 2.75) is 37.8 Å². The summed E-state index contributed by atoms with van der Waals surface area (Å²) in [4.78, 5) is 12.3. The summed E-state index contributed by atoms with van der Waals surface area (Å²) in [5.74, 6) is -0.874. The monoisotopic (exact) mass is 364 g/mol. The Morgan fingerprint density at radius 1 is 1.16 bits per heavy atom. The quantitative estimate of drug-likeness (QED) is 0.793. The molecule has 0 heterocycles. The highest BCUT2D eigenvalue weighted by molar-refractivity contribution is 7.89. The molecule has 2 aromatic rings. The van der Waals surface area contributed by atoms with Crippen LogP contribution in [0.3, 0.4) is 0 Å². The minimum absolute atomic E-state index is 0.0198. The van der Waals surface area contributed by atoms with Crippen LogP contribution in [0.2, 0.25) is 0 Å². The minimum Gasteiger partial charge on any atom is -0.348 e. The van der Waals surface area contributed by atoms with E-state index < -0.39 is 21.7 Å². The second-order valence-electron chi connectivity index (χ2n) is 5.73. The predicted octanol–water partition coefficient (Wildman–Crippen LogP) is 2.83. The van der Waals surface area contributed by atoms with Gasteiger partial charge in [0.05, 0.1) is 4.90 Å². The molecule has 0 spiro atoms. The van der Waals surface area contributed by atoms with Crippen molar-refractivity contribution in [3.63, 3.8) is 0 Å². The molecule has 7 heteroatoms. The Bertz CT molecular complexity index is 853. The molecule has 1 atom stereocenters. The third-order valence-corrected chi connectivity index (χ3v) is 5.36. The van der Waals surface area contributed by atoms with Gasteiger partial charge in [-0.1, -0.05) is 31.2 Å². The minimum atomic E-state index is -3.69. The zero-order valence-corrected chi connectivity index (χ0v) is 14.9. The maximum Gasteiger partial charge on any atom is 0.251 e. The molecule has 0 bridgehead atoms. The average molecular weight is 364 g/mol. The molecule has 0 fully saturated rings. The van der Waals surface area contributed by atoms with Gasteiger partial charge in [0.2, 0.25) is 10.0 Å². The molecule has 134 valence electrons. The van der Waals surface area contributed by atoms with Crippen LogP contribution >= 0.6 is 0 Å². The van der Waals surface area contributed by atoms with Gasteiger partial charge in [-0.25, -0.2) is 17.5 Å². The van der Waals surface area contributed by atoms with E-state index in [1.165, 1.54) is 30.3 Å². The van der Waals surface area contributed by atoms with Crippen molar-refractivity contribution < 1.29 is 17.6 Å². The van der Waals surface area contributed by atoms with Gasteiger partial charge >= 0.3 is 0 Å².